The number of hydrogen-bond donors (Lipinski definition) is 2. The second kappa shape index (κ2) is 10.8. The lowest BCUT2D eigenvalue weighted by Gasteiger charge is -2.26. The number of ether oxygens (including phenoxy) is 2. The fraction of sp³-hybridized carbons (Fsp3) is 0.179. The minimum atomic E-state index is -0.888. The highest BCUT2D eigenvalue weighted by molar-refractivity contribution is 6.39. The first-order valence-electron chi connectivity index (χ1n) is 11.5. The minimum Gasteiger partial charge on any atom is -0.508 e. The van der Waals surface area contributed by atoms with Crippen LogP contribution in [0.25, 0.3) is 6.08 Å². The van der Waals surface area contributed by atoms with E-state index in [0.717, 1.165) is 21.6 Å². The van der Waals surface area contributed by atoms with Crippen LogP contribution in [0.4, 0.5) is 10.5 Å². The topological polar surface area (TPSA) is 105 Å². The van der Waals surface area contributed by atoms with Gasteiger partial charge in [-0.3, -0.25) is 14.9 Å². The maximum Gasteiger partial charge on any atom is 0.335 e. The smallest absolute Gasteiger partial charge is 0.335 e. The highest BCUT2D eigenvalue weighted by atomic mass is 35.5. The highest BCUT2D eigenvalue weighted by Gasteiger charge is 2.36. The van der Waals surface area contributed by atoms with Crippen LogP contribution in [0.1, 0.15) is 29.2 Å². The Hall–Kier alpha value is -4.30. The number of amides is 4. The first kappa shape index (κ1) is 25.8. The maximum atomic E-state index is 13.1. The van der Waals surface area contributed by atoms with E-state index in [1.54, 1.807) is 12.1 Å². The van der Waals surface area contributed by atoms with Crippen LogP contribution < -0.4 is 19.7 Å². The van der Waals surface area contributed by atoms with E-state index >= 15 is 0 Å². The van der Waals surface area contributed by atoms with Crippen molar-refractivity contribution in [3.63, 3.8) is 0 Å². The zero-order chi connectivity index (χ0) is 26.7. The van der Waals surface area contributed by atoms with E-state index < -0.39 is 17.8 Å². The van der Waals surface area contributed by atoms with Crippen molar-refractivity contribution in [2.45, 2.75) is 27.4 Å². The lowest BCUT2D eigenvalue weighted by Crippen LogP contribution is -2.54. The molecule has 3 aromatic carbocycles. The molecule has 2 N–H and O–H groups in total. The number of urea groups is 1. The van der Waals surface area contributed by atoms with Gasteiger partial charge in [-0.25, -0.2) is 9.69 Å². The predicted molar refractivity (Wildman–Crippen MR) is 140 cm³/mol. The third kappa shape index (κ3) is 5.76. The van der Waals surface area contributed by atoms with Crippen LogP contribution in [0.2, 0.25) is 5.02 Å². The summed E-state index contributed by atoms with van der Waals surface area (Å²) in [4.78, 5) is 38.9. The van der Waals surface area contributed by atoms with Crippen LogP contribution in [0.5, 0.6) is 17.2 Å². The molecule has 0 spiro atoms. The zero-order valence-corrected chi connectivity index (χ0v) is 21.3. The third-order valence-corrected chi connectivity index (χ3v) is 5.80. The van der Waals surface area contributed by atoms with Crippen LogP contribution in [0.15, 0.2) is 60.2 Å². The lowest BCUT2D eigenvalue weighted by molar-refractivity contribution is -0.122. The average Bonchev–Trinajstić information content (AvgIpc) is 2.82. The Labute approximate surface area is 219 Å². The summed E-state index contributed by atoms with van der Waals surface area (Å²) in [6, 6.07) is 13.9. The molecule has 0 radical (unpaired) electrons. The number of nitrogens with zero attached hydrogens (tertiary/aromatic N) is 1. The fourth-order valence-corrected chi connectivity index (χ4v) is 4.32. The van der Waals surface area contributed by atoms with Gasteiger partial charge in [0.25, 0.3) is 11.8 Å². The molecule has 8 nitrogen and oxygen atoms in total. The van der Waals surface area contributed by atoms with Crippen molar-refractivity contribution in [2.24, 2.45) is 0 Å². The van der Waals surface area contributed by atoms with Gasteiger partial charge >= 0.3 is 6.03 Å². The Balaban J connectivity index is 1.66. The maximum absolute atomic E-state index is 13.1. The number of aryl methyl sites for hydroxylation is 2. The molecule has 4 amide bonds. The van der Waals surface area contributed by atoms with E-state index in [9.17, 15) is 19.5 Å². The number of imide groups is 2. The van der Waals surface area contributed by atoms with Crippen LogP contribution in [-0.4, -0.2) is 29.6 Å². The molecule has 0 atom stereocenters. The van der Waals surface area contributed by atoms with Gasteiger partial charge in [-0.1, -0.05) is 40.9 Å². The molecule has 0 aliphatic carbocycles. The number of hydrogen-bond acceptors (Lipinski definition) is 6. The van der Waals surface area contributed by atoms with Crippen LogP contribution in [0.3, 0.4) is 0 Å². The largest absolute Gasteiger partial charge is 0.508 e. The Morgan fingerprint density at radius 1 is 0.973 bits per heavy atom. The number of benzene rings is 3. The molecular formula is C28H25ClN2O6. The quantitative estimate of drug-likeness (QED) is 0.323. The monoisotopic (exact) mass is 520 g/mol. The van der Waals surface area contributed by atoms with Gasteiger partial charge in [0.2, 0.25) is 0 Å². The number of rotatable bonds is 7. The molecule has 190 valence electrons. The SMILES string of the molecule is CCOc1cc(/C=C2\C(=O)NC(=O)N(c3ccc(O)cc3)C2=O)cc(Cl)c1OCc1cc(C)cc(C)c1. The zero-order valence-electron chi connectivity index (χ0n) is 20.5. The molecule has 1 saturated heterocycles. The summed E-state index contributed by atoms with van der Waals surface area (Å²) < 4.78 is 11.7. The minimum absolute atomic E-state index is 0.0293. The predicted octanol–water partition coefficient (Wildman–Crippen LogP) is 5.31. The lowest BCUT2D eigenvalue weighted by atomic mass is 10.1. The van der Waals surface area contributed by atoms with Crippen LogP contribution in [0, 0.1) is 13.8 Å². The van der Waals surface area contributed by atoms with Gasteiger partial charge in [-0.15, -0.1) is 0 Å². The van der Waals surface area contributed by atoms with E-state index in [-0.39, 0.29) is 28.6 Å². The number of carbonyl (C=O) groups excluding carboxylic acids is 3. The normalized spacial score (nSPS) is 14.6. The van der Waals surface area contributed by atoms with Gasteiger partial charge in [0.05, 0.1) is 17.3 Å². The molecule has 9 heteroatoms. The molecule has 1 fully saturated rings. The number of phenolic OH excluding ortho intramolecular Hbond substituents is 1. The Kier molecular flexibility index (Phi) is 7.50. The second-order valence-corrected chi connectivity index (χ2v) is 8.93. The van der Waals surface area contributed by atoms with Crippen molar-refractivity contribution < 1.29 is 29.0 Å². The molecule has 37 heavy (non-hydrogen) atoms. The number of halogens is 1. The summed E-state index contributed by atoms with van der Waals surface area (Å²) in [7, 11) is 0. The van der Waals surface area contributed by atoms with Crippen molar-refractivity contribution in [3.8, 4) is 17.2 Å². The summed E-state index contributed by atoms with van der Waals surface area (Å²) in [5, 5.41) is 11.9. The fourth-order valence-electron chi connectivity index (χ4n) is 4.04. The number of carbonyl (C=O) groups is 3. The number of aromatic hydroxyl groups is 1. The van der Waals surface area contributed by atoms with Gasteiger partial charge < -0.3 is 14.6 Å². The molecule has 1 heterocycles. The van der Waals surface area contributed by atoms with E-state index in [0.29, 0.717) is 23.7 Å². The molecule has 0 unspecified atom stereocenters. The van der Waals surface area contributed by atoms with Crippen molar-refractivity contribution in [1.82, 2.24) is 5.32 Å². The van der Waals surface area contributed by atoms with Gasteiger partial charge in [-0.05, 0) is 74.4 Å². The summed E-state index contributed by atoms with van der Waals surface area (Å²) in [6.45, 7) is 6.44. The summed E-state index contributed by atoms with van der Waals surface area (Å²) in [5.41, 5.74) is 3.55. The van der Waals surface area contributed by atoms with Gasteiger partial charge in [0.15, 0.2) is 11.5 Å². The molecule has 0 aromatic heterocycles. The standard InChI is InChI=1S/C28H25ClN2O6/c1-4-36-24-14-18(13-23(29)25(24)37-15-19-10-16(2)9-17(3)11-19)12-22-26(33)30-28(35)31(27(22)34)20-5-7-21(32)8-6-20/h5-14,32H,4,15H2,1-3H3,(H,30,33,35)/b22-12+. The Morgan fingerprint density at radius 2 is 1.65 bits per heavy atom. The molecule has 1 aliphatic heterocycles. The molecular weight excluding hydrogens is 496 g/mol. The van der Waals surface area contributed by atoms with Gasteiger partial charge in [0, 0.05) is 0 Å². The first-order chi connectivity index (χ1) is 17.7. The molecule has 4 rings (SSSR count). The number of anilines is 1. The van der Waals surface area contributed by atoms with Crippen LogP contribution >= 0.6 is 11.6 Å². The van der Waals surface area contributed by atoms with E-state index in [4.69, 9.17) is 21.1 Å². The highest BCUT2D eigenvalue weighted by Crippen LogP contribution is 2.38. The van der Waals surface area contributed by atoms with Crippen molar-refractivity contribution in [2.75, 3.05) is 11.5 Å². The van der Waals surface area contributed by atoms with E-state index in [2.05, 4.69) is 11.4 Å². The van der Waals surface area contributed by atoms with Crippen molar-refractivity contribution in [1.29, 1.82) is 0 Å². The van der Waals surface area contributed by atoms with Gasteiger partial charge in [0.1, 0.15) is 17.9 Å². The first-order valence-corrected chi connectivity index (χ1v) is 11.9. The summed E-state index contributed by atoms with van der Waals surface area (Å²) in [6.07, 6.45) is 1.33. The average molecular weight is 521 g/mol. The van der Waals surface area contributed by atoms with Crippen LogP contribution in [-0.2, 0) is 16.2 Å². The molecule has 0 bridgehead atoms. The summed E-state index contributed by atoms with van der Waals surface area (Å²) in [5.74, 6) is -0.997. The van der Waals surface area contributed by atoms with E-state index in [1.165, 1.54) is 30.3 Å². The Morgan fingerprint density at radius 3 is 2.30 bits per heavy atom. The third-order valence-electron chi connectivity index (χ3n) is 5.52. The molecule has 1 aliphatic rings. The number of phenols is 1. The number of nitrogens with one attached hydrogen (secondary N) is 1. The molecule has 0 saturated carbocycles. The van der Waals surface area contributed by atoms with E-state index in [1.807, 2.05) is 32.9 Å². The van der Waals surface area contributed by atoms with Gasteiger partial charge in [-0.2, -0.15) is 0 Å². The van der Waals surface area contributed by atoms with Crippen molar-refractivity contribution >= 4 is 41.2 Å². The van der Waals surface area contributed by atoms with Crippen molar-refractivity contribution in [3.05, 3.63) is 87.4 Å². The molecule has 3 aromatic rings. The Bertz CT molecular complexity index is 1390. The second-order valence-electron chi connectivity index (χ2n) is 8.52. The number of barbiturate groups is 1. The summed E-state index contributed by atoms with van der Waals surface area (Å²) >= 11 is 6.54.